The van der Waals surface area contributed by atoms with Crippen LogP contribution in [0.5, 0.6) is 0 Å². The van der Waals surface area contributed by atoms with Crippen molar-refractivity contribution >= 4 is 18.4 Å². The molecule has 2 rings (SSSR count). The maximum absolute atomic E-state index is 12.9. The zero-order valence-electron chi connectivity index (χ0n) is 10.7. The number of halogens is 3. The van der Waals surface area contributed by atoms with E-state index >= 15 is 0 Å². The summed E-state index contributed by atoms with van der Waals surface area (Å²) in [6.45, 7) is -5.01. The van der Waals surface area contributed by atoms with Crippen LogP contribution in [0, 0.1) is 0 Å². The van der Waals surface area contributed by atoms with Crippen molar-refractivity contribution in [2.75, 3.05) is 13.7 Å². The molecule has 0 spiro atoms. The molecule has 0 aliphatic carbocycles. The molecule has 1 unspecified atom stereocenters. The molecule has 1 aliphatic heterocycles. The summed E-state index contributed by atoms with van der Waals surface area (Å²) < 4.78 is 48.4. The van der Waals surface area contributed by atoms with E-state index in [2.05, 4.69) is 4.74 Å². The number of ether oxygens (including phenoxy) is 2. The fraction of sp³-hybridized carbons (Fsp3) is 0.364. The van der Waals surface area contributed by atoms with Crippen molar-refractivity contribution in [3.63, 3.8) is 0 Å². The van der Waals surface area contributed by atoms with Crippen LogP contribution in [0.3, 0.4) is 0 Å². The van der Waals surface area contributed by atoms with E-state index in [1.54, 1.807) is 0 Å². The molecule has 1 atom stereocenters. The molecule has 0 bridgehead atoms. The monoisotopic (exact) mass is 298 g/mol. The van der Waals surface area contributed by atoms with Crippen molar-refractivity contribution in [3.05, 3.63) is 29.3 Å². The van der Waals surface area contributed by atoms with E-state index in [0.717, 1.165) is 6.07 Å². The second kappa shape index (κ2) is 6.73. The van der Waals surface area contributed by atoms with Gasteiger partial charge in [0.2, 0.25) is 0 Å². The zero-order chi connectivity index (χ0) is 13.3. The van der Waals surface area contributed by atoms with Gasteiger partial charge in [-0.25, -0.2) is 4.79 Å². The van der Waals surface area contributed by atoms with Gasteiger partial charge in [-0.15, -0.1) is 5.46 Å². The molecule has 1 aromatic carbocycles. The molecule has 98 valence electrons. The summed E-state index contributed by atoms with van der Waals surface area (Å²) in [4.78, 5) is 11.5. The number of hydrogen-bond acceptors (Lipinski definition) is 3. The van der Waals surface area contributed by atoms with Crippen LogP contribution in [0.1, 0.15) is 17.2 Å². The molecular weight excluding hydrogens is 287 g/mol. The maximum Gasteiger partial charge on any atom is 1.00 e. The number of carbonyl (C=O) groups is 1. The first-order valence-corrected chi connectivity index (χ1v) is 5.46. The standard InChI is InChI=1S/C11H11BF3O3.K/c1-17-11(16)10-8-3-2-4-9(12(13,14)15)7(8)5-6-18-10;/h2-4,10H,5-6H2,1H3;/q-1;+1. The number of rotatable bonds is 2. The fourth-order valence-electron chi connectivity index (χ4n) is 2.13. The Hall–Kier alpha value is 0.141. The topological polar surface area (TPSA) is 35.5 Å². The number of benzene rings is 1. The van der Waals surface area contributed by atoms with Gasteiger partial charge >= 0.3 is 64.3 Å². The first-order valence-electron chi connectivity index (χ1n) is 5.46. The number of methoxy groups -OCH3 is 1. The Morgan fingerprint density at radius 2 is 2.11 bits per heavy atom. The summed E-state index contributed by atoms with van der Waals surface area (Å²) in [5.41, 5.74) is -0.249. The average molecular weight is 298 g/mol. The first kappa shape index (κ1) is 17.2. The van der Waals surface area contributed by atoms with Gasteiger partial charge in [0.1, 0.15) is 0 Å². The van der Waals surface area contributed by atoms with E-state index in [0.29, 0.717) is 0 Å². The van der Waals surface area contributed by atoms with E-state index in [4.69, 9.17) is 4.74 Å². The van der Waals surface area contributed by atoms with Crippen LogP contribution in [-0.2, 0) is 20.7 Å². The Bertz CT molecular complexity index is 479. The number of carbonyl (C=O) groups excluding carboxylic acids is 1. The van der Waals surface area contributed by atoms with Gasteiger partial charge in [0.25, 0.3) is 0 Å². The van der Waals surface area contributed by atoms with Crippen LogP contribution < -0.4 is 56.8 Å². The summed E-state index contributed by atoms with van der Waals surface area (Å²) >= 11 is 0. The molecular formula is C11H11BF3KO3. The smallest absolute Gasteiger partial charge is 0.467 e. The van der Waals surface area contributed by atoms with Gasteiger partial charge < -0.3 is 22.4 Å². The Kier molecular flexibility index (Phi) is 6.09. The van der Waals surface area contributed by atoms with Crippen LogP contribution in [0.25, 0.3) is 0 Å². The van der Waals surface area contributed by atoms with E-state index in [1.165, 1.54) is 19.2 Å². The molecule has 0 aromatic heterocycles. The third-order valence-electron chi connectivity index (χ3n) is 2.94. The normalized spacial score (nSPS) is 18.2. The SMILES string of the molecule is COC(=O)C1OCCc2c1cccc2[B-](F)(F)F.[K+]. The van der Waals surface area contributed by atoms with E-state index in [1.807, 2.05) is 0 Å². The van der Waals surface area contributed by atoms with Crippen LogP contribution in [0.2, 0.25) is 0 Å². The van der Waals surface area contributed by atoms with Crippen molar-refractivity contribution in [1.82, 2.24) is 0 Å². The Morgan fingerprint density at radius 1 is 1.42 bits per heavy atom. The maximum atomic E-state index is 12.9. The van der Waals surface area contributed by atoms with Gasteiger partial charge in [0.15, 0.2) is 6.10 Å². The third kappa shape index (κ3) is 3.62. The zero-order valence-corrected chi connectivity index (χ0v) is 13.8. The van der Waals surface area contributed by atoms with Crippen LogP contribution in [0.15, 0.2) is 18.2 Å². The molecule has 0 N–H and O–H groups in total. The van der Waals surface area contributed by atoms with Gasteiger partial charge in [0, 0.05) is 0 Å². The first-order chi connectivity index (χ1) is 8.45. The molecule has 1 aliphatic rings. The van der Waals surface area contributed by atoms with Gasteiger partial charge in [-0.3, -0.25) is 0 Å². The third-order valence-corrected chi connectivity index (χ3v) is 2.94. The van der Waals surface area contributed by atoms with Gasteiger partial charge in [-0.05, 0) is 12.0 Å². The van der Waals surface area contributed by atoms with E-state index in [9.17, 15) is 17.7 Å². The van der Waals surface area contributed by atoms with Gasteiger partial charge in [0.05, 0.1) is 13.7 Å². The fourth-order valence-corrected chi connectivity index (χ4v) is 2.13. The second-order valence-corrected chi connectivity index (χ2v) is 4.01. The Morgan fingerprint density at radius 3 is 2.68 bits per heavy atom. The van der Waals surface area contributed by atoms with Gasteiger partial charge in [-0.1, -0.05) is 23.8 Å². The molecule has 19 heavy (non-hydrogen) atoms. The predicted octanol–water partition coefficient (Wildman–Crippen LogP) is -1.47. The van der Waals surface area contributed by atoms with Crippen molar-refractivity contribution in [3.8, 4) is 0 Å². The molecule has 1 heterocycles. The summed E-state index contributed by atoms with van der Waals surface area (Å²) in [6, 6.07) is 3.80. The van der Waals surface area contributed by atoms with Crippen molar-refractivity contribution in [2.24, 2.45) is 0 Å². The van der Waals surface area contributed by atoms with Gasteiger partial charge in [-0.2, -0.15) is 0 Å². The Balaban J connectivity index is 0.00000180. The number of hydrogen-bond donors (Lipinski definition) is 0. The summed E-state index contributed by atoms with van der Waals surface area (Å²) in [7, 11) is 1.18. The van der Waals surface area contributed by atoms with Crippen molar-refractivity contribution in [2.45, 2.75) is 12.5 Å². The molecule has 8 heteroatoms. The van der Waals surface area contributed by atoms with Crippen molar-refractivity contribution < 1.29 is 78.6 Å². The molecule has 0 saturated heterocycles. The molecule has 3 nitrogen and oxygen atoms in total. The minimum absolute atomic E-state index is 0. The van der Waals surface area contributed by atoms with Crippen molar-refractivity contribution in [1.29, 1.82) is 0 Å². The number of esters is 1. The average Bonchev–Trinajstić information content (AvgIpc) is 2.35. The van der Waals surface area contributed by atoms with Crippen LogP contribution in [0.4, 0.5) is 12.9 Å². The van der Waals surface area contributed by atoms with E-state index < -0.39 is 24.5 Å². The van der Waals surface area contributed by atoms with E-state index in [-0.39, 0.29) is 75.5 Å². The predicted molar refractivity (Wildman–Crippen MR) is 59.6 cm³/mol. The Labute approximate surface area is 151 Å². The quantitative estimate of drug-likeness (QED) is 0.494. The number of fused-ring (bicyclic) bond motifs is 1. The largest absolute Gasteiger partial charge is 1.00 e. The minimum Gasteiger partial charge on any atom is -0.467 e. The summed E-state index contributed by atoms with van der Waals surface area (Å²) in [5, 5.41) is 0. The minimum atomic E-state index is -5.09. The van der Waals surface area contributed by atoms with Crippen LogP contribution >= 0.6 is 0 Å². The summed E-state index contributed by atoms with van der Waals surface area (Å²) in [6.07, 6.45) is -0.905. The second-order valence-electron chi connectivity index (χ2n) is 4.01. The molecule has 0 amide bonds. The molecule has 1 aromatic rings. The molecule has 0 radical (unpaired) electrons. The van der Waals surface area contributed by atoms with Crippen LogP contribution in [-0.4, -0.2) is 26.7 Å². The summed E-state index contributed by atoms with van der Waals surface area (Å²) in [5.74, 6) is -0.678. The molecule has 0 saturated carbocycles. The molecule has 0 fully saturated rings.